The van der Waals surface area contributed by atoms with E-state index < -0.39 is 6.36 Å². The Bertz CT molecular complexity index is 1760. The number of H-pyrrole nitrogens is 2. The molecule has 0 atom stereocenters. The predicted molar refractivity (Wildman–Crippen MR) is 138 cm³/mol. The van der Waals surface area contributed by atoms with Crippen LogP contribution < -0.4 is 15.2 Å². The molecule has 3 aromatic carbocycles. The number of nitrogens with two attached hydrogens (primary N) is 1. The van der Waals surface area contributed by atoms with Gasteiger partial charge in [-0.2, -0.15) is 5.10 Å². The van der Waals surface area contributed by atoms with Gasteiger partial charge in [-0.3, -0.25) is 5.10 Å². The van der Waals surface area contributed by atoms with Crippen molar-refractivity contribution in [1.29, 1.82) is 0 Å². The van der Waals surface area contributed by atoms with E-state index in [2.05, 4.69) is 24.9 Å². The van der Waals surface area contributed by atoms with Crippen LogP contribution in [0.1, 0.15) is 5.56 Å². The number of aromatic amines is 2. The van der Waals surface area contributed by atoms with Crippen LogP contribution in [0.3, 0.4) is 0 Å². The zero-order valence-corrected chi connectivity index (χ0v) is 19.7. The lowest BCUT2D eigenvalue weighted by Crippen LogP contribution is -2.17. The average molecular weight is 515 g/mol. The lowest BCUT2D eigenvalue weighted by atomic mass is 10.0. The molecule has 0 aliphatic heterocycles. The van der Waals surface area contributed by atoms with Crippen molar-refractivity contribution in [3.63, 3.8) is 0 Å². The lowest BCUT2D eigenvalue weighted by molar-refractivity contribution is -0.274. The maximum absolute atomic E-state index is 13.1. The van der Waals surface area contributed by atoms with Crippen molar-refractivity contribution >= 4 is 27.8 Å². The molecule has 0 bridgehead atoms. The summed E-state index contributed by atoms with van der Waals surface area (Å²) in [5.41, 5.74) is 11.0. The van der Waals surface area contributed by atoms with Crippen molar-refractivity contribution in [2.75, 3.05) is 5.73 Å². The molecule has 0 radical (unpaired) electrons. The van der Waals surface area contributed by atoms with Crippen molar-refractivity contribution in [2.24, 2.45) is 0 Å². The minimum absolute atomic E-state index is 0.188. The first-order valence-electron chi connectivity index (χ1n) is 11.6. The fraction of sp³-hybridized carbons (Fsp3) is 0.0714. The molecule has 3 aromatic heterocycles. The molecule has 0 aliphatic rings. The topological polar surface area (TPSA) is 102 Å². The van der Waals surface area contributed by atoms with Crippen molar-refractivity contribution < 1.29 is 22.6 Å². The van der Waals surface area contributed by atoms with Crippen molar-refractivity contribution in [2.45, 2.75) is 13.0 Å². The Labute approximate surface area is 214 Å². The Balaban J connectivity index is 1.41. The Kier molecular flexibility index (Phi) is 5.64. The Morgan fingerprint density at radius 1 is 0.842 bits per heavy atom. The molecule has 0 spiro atoms. The quantitative estimate of drug-likeness (QED) is 0.226. The molecule has 0 amide bonds. The summed E-state index contributed by atoms with van der Waals surface area (Å²) in [5, 5.41) is 8.50. The van der Waals surface area contributed by atoms with Gasteiger partial charge in [0.25, 0.3) is 0 Å². The smallest absolute Gasteiger partial charge is 0.489 e. The number of nitrogens with zero attached hydrogens (tertiary/aromatic N) is 2. The number of pyridine rings is 1. The molecule has 3 heterocycles. The number of nitrogens with one attached hydrogen (secondary N) is 2. The van der Waals surface area contributed by atoms with Crippen LogP contribution in [-0.4, -0.2) is 26.5 Å². The van der Waals surface area contributed by atoms with Gasteiger partial charge in [0, 0.05) is 34.3 Å². The molecule has 6 aromatic rings. The number of nitrogen functional groups attached to an aromatic ring is 1. The number of rotatable bonds is 6. The van der Waals surface area contributed by atoms with Crippen LogP contribution in [0.2, 0.25) is 0 Å². The monoisotopic (exact) mass is 515 g/mol. The standard InChI is InChI=1S/C28H20F3N5O2/c29-28(30,31)38-20-11-18(10-19(13-20)37-15-16-4-2-1-3-5-16)25-14-22-21(8-9-33-27(22)34-25)17-6-7-24-23(12-17)26(32)36-35-24/h1-14H,15H2,(H,33,34)(H3,32,35,36). The number of hydrogen-bond acceptors (Lipinski definition) is 5. The van der Waals surface area contributed by atoms with Crippen LogP contribution in [0, 0.1) is 0 Å². The number of anilines is 1. The van der Waals surface area contributed by atoms with Crippen molar-refractivity contribution in [1.82, 2.24) is 20.2 Å². The Morgan fingerprint density at radius 2 is 1.66 bits per heavy atom. The summed E-state index contributed by atoms with van der Waals surface area (Å²) in [6.07, 6.45) is -3.18. The summed E-state index contributed by atoms with van der Waals surface area (Å²) in [4.78, 5) is 7.63. The van der Waals surface area contributed by atoms with Crippen LogP contribution in [0.4, 0.5) is 19.0 Å². The summed E-state index contributed by atoms with van der Waals surface area (Å²) >= 11 is 0. The predicted octanol–water partition coefficient (Wildman–Crippen LogP) is 6.83. The van der Waals surface area contributed by atoms with E-state index in [1.807, 2.05) is 60.7 Å². The first-order valence-corrected chi connectivity index (χ1v) is 11.6. The van der Waals surface area contributed by atoms with Gasteiger partial charge in [-0.15, -0.1) is 13.2 Å². The maximum Gasteiger partial charge on any atom is 0.573 e. The van der Waals surface area contributed by atoms with Gasteiger partial charge in [-0.05, 0) is 53.1 Å². The number of hydrogen-bond donors (Lipinski definition) is 3. The lowest BCUT2D eigenvalue weighted by Gasteiger charge is -2.13. The van der Waals surface area contributed by atoms with E-state index in [0.717, 1.165) is 33.0 Å². The summed E-state index contributed by atoms with van der Waals surface area (Å²) in [5.74, 6) is 0.246. The Morgan fingerprint density at radius 3 is 2.47 bits per heavy atom. The molecule has 10 heteroatoms. The summed E-state index contributed by atoms with van der Waals surface area (Å²) in [6, 6.07) is 23.0. The molecular formula is C28H20F3N5O2. The highest BCUT2D eigenvalue weighted by Gasteiger charge is 2.31. The van der Waals surface area contributed by atoms with Crippen molar-refractivity contribution in [3.8, 4) is 33.9 Å². The number of aromatic nitrogens is 4. The van der Waals surface area contributed by atoms with Crippen LogP contribution in [0.25, 0.3) is 44.3 Å². The van der Waals surface area contributed by atoms with Crippen LogP contribution in [0.15, 0.2) is 85.1 Å². The largest absolute Gasteiger partial charge is 0.573 e. The zero-order chi connectivity index (χ0) is 26.3. The SMILES string of the molecule is Nc1n[nH]c2ccc(-c3ccnc4[nH]c(-c5cc(OCc6ccccc6)cc(OC(F)(F)F)c5)cc34)cc12. The third kappa shape index (κ3) is 4.71. The van der Waals surface area contributed by atoms with Crippen LogP contribution in [-0.2, 0) is 6.61 Å². The third-order valence-electron chi connectivity index (χ3n) is 6.11. The Hall–Kier alpha value is -4.99. The zero-order valence-electron chi connectivity index (χ0n) is 19.7. The first kappa shape index (κ1) is 23.4. The van der Waals surface area contributed by atoms with E-state index in [-0.39, 0.29) is 18.1 Å². The molecule has 0 aliphatic carbocycles. The summed E-state index contributed by atoms with van der Waals surface area (Å²) < 4.78 is 49.3. The molecule has 0 saturated carbocycles. The van der Waals surface area contributed by atoms with Gasteiger partial charge in [-0.25, -0.2) is 4.98 Å². The van der Waals surface area contributed by atoms with E-state index in [1.54, 1.807) is 12.3 Å². The normalized spacial score (nSPS) is 11.8. The molecule has 0 unspecified atom stereocenters. The number of benzene rings is 3. The number of ether oxygens (including phenoxy) is 2. The minimum Gasteiger partial charge on any atom is -0.489 e. The van der Waals surface area contributed by atoms with Gasteiger partial charge in [0.2, 0.25) is 0 Å². The van der Waals surface area contributed by atoms with E-state index in [0.29, 0.717) is 22.7 Å². The molecule has 6 rings (SSSR count). The van der Waals surface area contributed by atoms with Gasteiger partial charge in [0.1, 0.15) is 23.8 Å². The highest BCUT2D eigenvalue weighted by atomic mass is 19.4. The number of alkyl halides is 3. The summed E-state index contributed by atoms with van der Waals surface area (Å²) in [7, 11) is 0. The molecule has 190 valence electrons. The summed E-state index contributed by atoms with van der Waals surface area (Å²) in [6.45, 7) is 0.188. The van der Waals surface area contributed by atoms with Gasteiger partial charge in [0.05, 0.1) is 5.52 Å². The molecule has 4 N–H and O–H groups in total. The van der Waals surface area contributed by atoms with Gasteiger partial charge >= 0.3 is 6.36 Å². The second-order valence-corrected chi connectivity index (χ2v) is 8.69. The maximum atomic E-state index is 13.1. The highest BCUT2D eigenvalue weighted by Crippen LogP contribution is 2.37. The molecule has 0 fully saturated rings. The van der Waals surface area contributed by atoms with E-state index in [1.165, 1.54) is 12.1 Å². The fourth-order valence-electron chi connectivity index (χ4n) is 4.38. The van der Waals surface area contributed by atoms with E-state index in [4.69, 9.17) is 10.5 Å². The molecular weight excluding hydrogens is 495 g/mol. The first-order chi connectivity index (χ1) is 18.3. The average Bonchev–Trinajstić information content (AvgIpc) is 3.50. The van der Waals surface area contributed by atoms with E-state index >= 15 is 0 Å². The number of fused-ring (bicyclic) bond motifs is 2. The molecule has 0 saturated heterocycles. The number of halogens is 3. The fourth-order valence-corrected chi connectivity index (χ4v) is 4.38. The van der Waals surface area contributed by atoms with Gasteiger partial charge < -0.3 is 20.2 Å². The molecule has 38 heavy (non-hydrogen) atoms. The molecule has 7 nitrogen and oxygen atoms in total. The van der Waals surface area contributed by atoms with E-state index in [9.17, 15) is 13.2 Å². The second kappa shape index (κ2) is 9.15. The third-order valence-corrected chi connectivity index (χ3v) is 6.11. The van der Waals surface area contributed by atoms with Crippen molar-refractivity contribution in [3.05, 3.63) is 90.6 Å². The van der Waals surface area contributed by atoms with Crippen LogP contribution >= 0.6 is 0 Å². The minimum atomic E-state index is -4.85. The highest BCUT2D eigenvalue weighted by molar-refractivity contribution is 5.99. The van der Waals surface area contributed by atoms with Crippen LogP contribution in [0.5, 0.6) is 11.5 Å². The second-order valence-electron chi connectivity index (χ2n) is 8.69. The van der Waals surface area contributed by atoms with Gasteiger partial charge in [0.15, 0.2) is 5.82 Å². The van der Waals surface area contributed by atoms with Gasteiger partial charge in [-0.1, -0.05) is 36.4 Å².